The first-order valence-electron chi connectivity index (χ1n) is 8.32. The molecule has 0 saturated heterocycles. The number of pyridine rings is 1. The largest absolute Gasteiger partial charge is 0.324 e. The van der Waals surface area contributed by atoms with Crippen LogP contribution in [0.4, 0.5) is 5.69 Å². The molecule has 1 amide bonds. The van der Waals surface area contributed by atoms with E-state index in [0.29, 0.717) is 6.54 Å². The Kier molecular flexibility index (Phi) is 5.06. The summed E-state index contributed by atoms with van der Waals surface area (Å²) in [5.41, 5.74) is 5.43. The molecule has 124 valence electrons. The lowest BCUT2D eigenvalue weighted by Crippen LogP contribution is -2.36. The number of amides is 1. The van der Waals surface area contributed by atoms with Crippen LogP contribution in [-0.2, 0) is 4.79 Å². The van der Waals surface area contributed by atoms with Gasteiger partial charge in [-0.2, -0.15) is 0 Å². The molecular formula is C20H23N3O. The van der Waals surface area contributed by atoms with Crippen molar-refractivity contribution < 1.29 is 4.79 Å². The zero-order chi connectivity index (χ0) is 16.9. The Balaban J connectivity index is 1.58. The number of carbonyl (C=O) groups excluding carboxylic acids is 1. The van der Waals surface area contributed by atoms with Gasteiger partial charge >= 0.3 is 0 Å². The maximum absolute atomic E-state index is 12.4. The molecule has 4 heteroatoms. The van der Waals surface area contributed by atoms with Gasteiger partial charge in [-0.15, -0.1) is 0 Å². The summed E-state index contributed by atoms with van der Waals surface area (Å²) < 4.78 is 0. The van der Waals surface area contributed by atoms with Gasteiger partial charge in [-0.05, 0) is 49.1 Å². The Bertz CT molecular complexity index is 732. The fourth-order valence-electron chi connectivity index (χ4n) is 3.03. The van der Waals surface area contributed by atoms with Crippen LogP contribution in [-0.4, -0.2) is 35.4 Å². The van der Waals surface area contributed by atoms with E-state index in [2.05, 4.69) is 21.3 Å². The van der Waals surface area contributed by atoms with Crippen molar-refractivity contribution in [3.05, 3.63) is 65.5 Å². The van der Waals surface area contributed by atoms with Crippen LogP contribution in [0.5, 0.6) is 0 Å². The Hall–Kier alpha value is -2.46. The molecule has 2 heterocycles. The summed E-state index contributed by atoms with van der Waals surface area (Å²) in [6.45, 7) is 6.12. The van der Waals surface area contributed by atoms with Gasteiger partial charge in [0.15, 0.2) is 0 Å². The fraction of sp³-hybridized carbons (Fsp3) is 0.300. The average Bonchev–Trinajstić information content (AvgIpc) is 2.60. The Morgan fingerprint density at radius 2 is 1.96 bits per heavy atom. The predicted octanol–water partition coefficient (Wildman–Crippen LogP) is 3.43. The van der Waals surface area contributed by atoms with Crippen LogP contribution in [0.15, 0.2) is 48.7 Å². The molecule has 0 spiro atoms. The van der Waals surface area contributed by atoms with Crippen LogP contribution in [0, 0.1) is 13.8 Å². The minimum atomic E-state index is 0.0436. The van der Waals surface area contributed by atoms with E-state index in [0.717, 1.165) is 42.0 Å². The highest BCUT2D eigenvalue weighted by molar-refractivity contribution is 5.93. The van der Waals surface area contributed by atoms with Crippen molar-refractivity contribution in [1.29, 1.82) is 0 Å². The van der Waals surface area contributed by atoms with Gasteiger partial charge in [-0.25, -0.2) is 0 Å². The molecule has 3 rings (SSSR count). The number of hydrogen-bond donors (Lipinski definition) is 1. The molecule has 0 bridgehead atoms. The zero-order valence-electron chi connectivity index (χ0n) is 14.2. The van der Waals surface area contributed by atoms with Gasteiger partial charge in [-0.1, -0.05) is 30.3 Å². The van der Waals surface area contributed by atoms with E-state index in [-0.39, 0.29) is 5.91 Å². The lowest BCUT2D eigenvalue weighted by Gasteiger charge is -2.25. The number of aromatic nitrogens is 1. The van der Waals surface area contributed by atoms with Crippen molar-refractivity contribution >= 4 is 17.2 Å². The van der Waals surface area contributed by atoms with E-state index in [4.69, 9.17) is 0 Å². The summed E-state index contributed by atoms with van der Waals surface area (Å²) in [7, 11) is 0. The van der Waals surface area contributed by atoms with Gasteiger partial charge < -0.3 is 5.32 Å². The van der Waals surface area contributed by atoms with E-state index in [9.17, 15) is 4.79 Å². The summed E-state index contributed by atoms with van der Waals surface area (Å²) in [6.07, 6.45) is 4.92. The van der Waals surface area contributed by atoms with Gasteiger partial charge in [0.25, 0.3) is 0 Å². The average molecular weight is 321 g/mol. The van der Waals surface area contributed by atoms with Crippen LogP contribution < -0.4 is 5.32 Å². The molecule has 1 aliphatic heterocycles. The van der Waals surface area contributed by atoms with Crippen LogP contribution in [0.1, 0.15) is 23.2 Å². The second-order valence-electron chi connectivity index (χ2n) is 6.24. The SMILES string of the molecule is Cc1cccc(C)c1NC(=O)CN1CC=C(c2ccccn2)CC1. The van der Waals surface area contributed by atoms with Crippen LogP contribution in [0.3, 0.4) is 0 Å². The third kappa shape index (κ3) is 3.89. The maximum atomic E-state index is 12.4. The van der Waals surface area contributed by atoms with E-state index in [1.165, 1.54) is 5.57 Å². The van der Waals surface area contributed by atoms with E-state index in [1.807, 2.05) is 56.4 Å². The first-order valence-corrected chi connectivity index (χ1v) is 8.32. The maximum Gasteiger partial charge on any atom is 0.238 e. The van der Waals surface area contributed by atoms with Gasteiger partial charge in [-0.3, -0.25) is 14.7 Å². The number of nitrogens with one attached hydrogen (secondary N) is 1. The van der Waals surface area contributed by atoms with Gasteiger partial charge in [0.05, 0.1) is 12.2 Å². The fourth-order valence-corrected chi connectivity index (χ4v) is 3.03. The number of benzene rings is 1. The molecule has 0 unspecified atom stereocenters. The first-order chi connectivity index (χ1) is 11.6. The van der Waals surface area contributed by atoms with Crippen molar-refractivity contribution in [2.24, 2.45) is 0 Å². The lowest BCUT2D eigenvalue weighted by atomic mass is 10.0. The molecule has 0 radical (unpaired) electrons. The van der Waals surface area contributed by atoms with E-state index < -0.39 is 0 Å². The van der Waals surface area contributed by atoms with Gasteiger partial charge in [0, 0.05) is 25.0 Å². The molecular weight excluding hydrogens is 298 g/mol. The third-order valence-corrected chi connectivity index (χ3v) is 4.40. The predicted molar refractivity (Wildman–Crippen MR) is 97.8 cm³/mol. The standard InChI is InChI=1S/C20H23N3O/c1-15-6-5-7-16(2)20(15)22-19(24)14-23-12-9-17(10-13-23)18-8-3-4-11-21-18/h3-9,11H,10,12-14H2,1-2H3,(H,22,24). The Morgan fingerprint density at radius 1 is 1.17 bits per heavy atom. The zero-order valence-corrected chi connectivity index (χ0v) is 14.2. The molecule has 0 fully saturated rings. The second-order valence-corrected chi connectivity index (χ2v) is 6.24. The van der Waals surface area contributed by atoms with Gasteiger partial charge in [0.2, 0.25) is 5.91 Å². The summed E-state index contributed by atoms with van der Waals surface area (Å²) in [5.74, 6) is 0.0436. The number of nitrogens with zero attached hydrogens (tertiary/aromatic N) is 2. The summed E-state index contributed by atoms with van der Waals surface area (Å²) in [5, 5.41) is 3.06. The van der Waals surface area contributed by atoms with Crippen LogP contribution >= 0.6 is 0 Å². The molecule has 1 aromatic carbocycles. The number of para-hydroxylation sites is 1. The van der Waals surface area contributed by atoms with Crippen molar-refractivity contribution in [2.75, 3.05) is 25.0 Å². The monoisotopic (exact) mass is 321 g/mol. The number of rotatable bonds is 4. The normalized spacial score (nSPS) is 15.0. The van der Waals surface area contributed by atoms with E-state index >= 15 is 0 Å². The molecule has 1 aromatic heterocycles. The molecule has 0 saturated carbocycles. The molecule has 1 aliphatic rings. The van der Waals surface area contributed by atoms with Gasteiger partial charge in [0.1, 0.15) is 0 Å². The smallest absolute Gasteiger partial charge is 0.238 e. The highest BCUT2D eigenvalue weighted by Gasteiger charge is 2.17. The number of anilines is 1. The van der Waals surface area contributed by atoms with Crippen molar-refractivity contribution in [3.63, 3.8) is 0 Å². The van der Waals surface area contributed by atoms with E-state index in [1.54, 1.807) is 0 Å². The summed E-state index contributed by atoms with van der Waals surface area (Å²) in [6, 6.07) is 12.0. The third-order valence-electron chi connectivity index (χ3n) is 4.40. The van der Waals surface area contributed by atoms with Crippen molar-refractivity contribution in [1.82, 2.24) is 9.88 Å². The lowest BCUT2D eigenvalue weighted by molar-refractivity contribution is -0.117. The quantitative estimate of drug-likeness (QED) is 0.938. The number of aryl methyl sites for hydroxylation is 2. The molecule has 4 nitrogen and oxygen atoms in total. The second kappa shape index (κ2) is 7.41. The molecule has 0 atom stereocenters. The highest BCUT2D eigenvalue weighted by Crippen LogP contribution is 2.21. The molecule has 24 heavy (non-hydrogen) atoms. The first kappa shape index (κ1) is 16.4. The topological polar surface area (TPSA) is 45.2 Å². The Morgan fingerprint density at radius 3 is 2.58 bits per heavy atom. The molecule has 2 aromatic rings. The van der Waals surface area contributed by atoms with Crippen LogP contribution in [0.25, 0.3) is 5.57 Å². The van der Waals surface area contributed by atoms with Crippen molar-refractivity contribution in [3.8, 4) is 0 Å². The number of carbonyl (C=O) groups is 1. The minimum Gasteiger partial charge on any atom is -0.324 e. The summed E-state index contributed by atoms with van der Waals surface area (Å²) >= 11 is 0. The molecule has 0 aliphatic carbocycles. The summed E-state index contributed by atoms with van der Waals surface area (Å²) in [4.78, 5) is 18.9. The molecule has 1 N–H and O–H groups in total. The van der Waals surface area contributed by atoms with Crippen molar-refractivity contribution in [2.45, 2.75) is 20.3 Å². The highest BCUT2D eigenvalue weighted by atomic mass is 16.2. The Labute approximate surface area is 143 Å². The minimum absolute atomic E-state index is 0.0436. The van der Waals surface area contributed by atoms with Crippen LogP contribution in [0.2, 0.25) is 0 Å². The number of hydrogen-bond acceptors (Lipinski definition) is 3.